The highest BCUT2D eigenvalue weighted by atomic mass is 16.1. The van der Waals surface area contributed by atoms with Crippen molar-refractivity contribution in [3.05, 3.63) is 41.2 Å². The first-order chi connectivity index (χ1) is 8.60. The number of aromatic nitrogens is 4. The largest absolute Gasteiger partial charge is 0.290 e. The third-order valence-corrected chi connectivity index (χ3v) is 2.66. The zero-order chi connectivity index (χ0) is 13.1. The fourth-order valence-electron chi connectivity index (χ4n) is 1.80. The summed E-state index contributed by atoms with van der Waals surface area (Å²) in [6, 6.07) is 1.93. The van der Waals surface area contributed by atoms with Crippen molar-refractivity contribution in [2.45, 2.75) is 33.7 Å². The Morgan fingerprint density at radius 3 is 2.56 bits per heavy atom. The minimum absolute atomic E-state index is 0.0791. The van der Waals surface area contributed by atoms with Gasteiger partial charge in [0.05, 0.1) is 12.1 Å². The molecular formula is C13H16N4O. The molecule has 0 radical (unpaired) electrons. The predicted molar refractivity (Wildman–Crippen MR) is 67.4 cm³/mol. The van der Waals surface area contributed by atoms with Crippen LogP contribution in [0.4, 0.5) is 0 Å². The molecule has 0 atom stereocenters. The van der Waals surface area contributed by atoms with Gasteiger partial charge in [0, 0.05) is 24.6 Å². The molecule has 94 valence electrons. The summed E-state index contributed by atoms with van der Waals surface area (Å²) in [4.78, 5) is 20.1. The van der Waals surface area contributed by atoms with Gasteiger partial charge >= 0.3 is 0 Å². The highest BCUT2D eigenvalue weighted by Crippen LogP contribution is 2.07. The Morgan fingerprint density at radius 2 is 1.94 bits per heavy atom. The number of ketones is 1. The SMILES string of the molecule is CCn1nc(C)cc1CC(=O)c1ncc(C)cn1. The molecule has 0 aromatic carbocycles. The predicted octanol–water partition coefficient (Wildman–Crippen LogP) is 1.74. The van der Waals surface area contributed by atoms with Crippen molar-refractivity contribution in [3.63, 3.8) is 0 Å². The minimum atomic E-state index is -0.0791. The normalized spacial score (nSPS) is 10.6. The Hall–Kier alpha value is -2.04. The molecule has 18 heavy (non-hydrogen) atoms. The summed E-state index contributed by atoms with van der Waals surface area (Å²) >= 11 is 0. The van der Waals surface area contributed by atoms with Crippen LogP contribution in [0.5, 0.6) is 0 Å². The summed E-state index contributed by atoms with van der Waals surface area (Å²) in [6.07, 6.45) is 3.60. The smallest absolute Gasteiger partial charge is 0.205 e. The van der Waals surface area contributed by atoms with E-state index in [9.17, 15) is 4.79 Å². The summed E-state index contributed by atoms with van der Waals surface area (Å²) in [5.41, 5.74) is 2.77. The van der Waals surface area contributed by atoms with E-state index in [-0.39, 0.29) is 18.0 Å². The molecule has 0 amide bonds. The zero-order valence-electron chi connectivity index (χ0n) is 10.8. The topological polar surface area (TPSA) is 60.7 Å². The van der Waals surface area contributed by atoms with E-state index in [1.807, 2.05) is 31.5 Å². The lowest BCUT2D eigenvalue weighted by Crippen LogP contribution is -2.12. The van der Waals surface area contributed by atoms with Crippen LogP contribution in [0.25, 0.3) is 0 Å². The number of nitrogens with zero attached hydrogens (tertiary/aromatic N) is 4. The van der Waals surface area contributed by atoms with Gasteiger partial charge in [-0.1, -0.05) is 0 Å². The molecule has 5 nitrogen and oxygen atoms in total. The fourth-order valence-corrected chi connectivity index (χ4v) is 1.80. The first kappa shape index (κ1) is 12.4. The van der Waals surface area contributed by atoms with Crippen LogP contribution in [-0.4, -0.2) is 25.5 Å². The molecule has 0 unspecified atom stereocenters. The maximum Gasteiger partial charge on any atom is 0.205 e. The van der Waals surface area contributed by atoms with Crippen LogP contribution in [0.1, 0.15) is 34.5 Å². The van der Waals surface area contributed by atoms with Crippen LogP contribution >= 0.6 is 0 Å². The molecule has 0 N–H and O–H groups in total. The van der Waals surface area contributed by atoms with Gasteiger partial charge < -0.3 is 0 Å². The standard InChI is InChI=1S/C13H16N4O/c1-4-17-11(5-10(3)16-17)6-12(18)13-14-7-9(2)8-15-13/h5,7-8H,4,6H2,1-3H3. The number of carbonyl (C=O) groups excluding carboxylic acids is 1. The van der Waals surface area contributed by atoms with E-state index in [2.05, 4.69) is 15.1 Å². The van der Waals surface area contributed by atoms with Crippen molar-refractivity contribution >= 4 is 5.78 Å². The summed E-state index contributed by atoms with van der Waals surface area (Å²) < 4.78 is 1.83. The van der Waals surface area contributed by atoms with Crippen molar-refractivity contribution in [3.8, 4) is 0 Å². The molecule has 0 saturated carbocycles. The molecular weight excluding hydrogens is 228 g/mol. The van der Waals surface area contributed by atoms with E-state index >= 15 is 0 Å². The third-order valence-electron chi connectivity index (χ3n) is 2.66. The third kappa shape index (κ3) is 2.61. The molecule has 0 aliphatic carbocycles. The van der Waals surface area contributed by atoms with Gasteiger partial charge in [-0.15, -0.1) is 0 Å². The van der Waals surface area contributed by atoms with Crippen LogP contribution in [0, 0.1) is 13.8 Å². The Balaban J connectivity index is 2.18. The number of hydrogen-bond acceptors (Lipinski definition) is 4. The van der Waals surface area contributed by atoms with Crippen LogP contribution in [-0.2, 0) is 13.0 Å². The van der Waals surface area contributed by atoms with Gasteiger partial charge in [0.15, 0.2) is 5.82 Å². The Morgan fingerprint density at radius 1 is 1.28 bits per heavy atom. The van der Waals surface area contributed by atoms with Crippen LogP contribution < -0.4 is 0 Å². The van der Waals surface area contributed by atoms with Gasteiger partial charge in [0.25, 0.3) is 0 Å². The molecule has 0 saturated heterocycles. The van der Waals surface area contributed by atoms with Gasteiger partial charge in [0.2, 0.25) is 5.78 Å². The Bertz CT molecular complexity index is 557. The van der Waals surface area contributed by atoms with Gasteiger partial charge in [-0.05, 0) is 32.4 Å². The number of carbonyl (C=O) groups is 1. The van der Waals surface area contributed by atoms with Crippen molar-refractivity contribution in [2.75, 3.05) is 0 Å². The molecule has 2 aromatic rings. The quantitative estimate of drug-likeness (QED) is 0.768. The van der Waals surface area contributed by atoms with Crippen molar-refractivity contribution in [2.24, 2.45) is 0 Å². The fraction of sp³-hybridized carbons (Fsp3) is 0.385. The molecule has 2 rings (SSSR count). The second-order valence-electron chi connectivity index (χ2n) is 4.28. The van der Waals surface area contributed by atoms with Gasteiger partial charge in [-0.25, -0.2) is 9.97 Å². The van der Waals surface area contributed by atoms with Crippen LogP contribution in [0.2, 0.25) is 0 Å². The van der Waals surface area contributed by atoms with E-state index in [1.54, 1.807) is 12.4 Å². The Kier molecular flexibility index (Phi) is 3.50. The Labute approximate surface area is 106 Å². The van der Waals surface area contributed by atoms with Gasteiger partial charge in [0.1, 0.15) is 0 Å². The summed E-state index contributed by atoms with van der Waals surface area (Å²) in [7, 11) is 0. The lowest BCUT2D eigenvalue weighted by molar-refractivity contribution is 0.0980. The maximum absolute atomic E-state index is 12.0. The molecule has 5 heteroatoms. The number of aryl methyl sites for hydroxylation is 3. The summed E-state index contributed by atoms with van der Waals surface area (Å²) in [6.45, 7) is 6.57. The molecule has 0 bridgehead atoms. The summed E-state index contributed by atoms with van der Waals surface area (Å²) in [5.74, 6) is 0.187. The van der Waals surface area contributed by atoms with Crippen molar-refractivity contribution in [1.29, 1.82) is 0 Å². The minimum Gasteiger partial charge on any atom is -0.290 e. The van der Waals surface area contributed by atoms with Gasteiger partial charge in [-0.2, -0.15) is 5.10 Å². The lowest BCUT2D eigenvalue weighted by atomic mass is 10.2. The molecule has 0 spiro atoms. The van der Waals surface area contributed by atoms with E-state index in [1.165, 1.54) is 0 Å². The lowest BCUT2D eigenvalue weighted by Gasteiger charge is -2.03. The maximum atomic E-state index is 12.0. The average Bonchev–Trinajstić information content (AvgIpc) is 2.70. The molecule has 2 heterocycles. The molecule has 0 aliphatic rings. The number of hydrogen-bond donors (Lipinski definition) is 0. The van der Waals surface area contributed by atoms with E-state index in [0.717, 1.165) is 23.5 Å². The summed E-state index contributed by atoms with van der Waals surface area (Å²) in [5, 5.41) is 4.31. The number of Topliss-reactive ketones (excluding diaryl/α,β-unsaturated/α-hetero) is 1. The molecule has 0 aliphatic heterocycles. The van der Waals surface area contributed by atoms with Crippen molar-refractivity contribution in [1.82, 2.24) is 19.7 Å². The van der Waals surface area contributed by atoms with Crippen molar-refractivity contribution < 1.29 is 4.79 Å². The van der Waals surface area contributed by atoms with Crippen LogP contribution in [0.15, 0.2) is 18.5 Å². The monoisotopic (exact) mass is 244 g/mol. The molecule has 0 fully saturated rings. The number of rotatable bonds is 4. The second kappa shape index (κ2) is 5.08. The first-order valence-corrected chi connectivity index (χ1v) is 5.95. The highest BCUT2D eigenvalue weighted by molar-refractivity contribution is 5.93. The van der Waals surface area contributed by atoms with Gasteiger partial charge in [-0.3, -0.25) is 9.48 Å². The van der Waals surface area contributed by atoms with E-state index in [0.29, 0.717) is 0 Å². The second-order valence-corrected chi connectivity index (χ2v) is 4.28. The average molecular weight is 244 g/mol. The molecule has 2 aromatic heterocycles. The van der Waals surface area contributed by atoms with E-state index < -0.39 is 0 Å². The highest BCUT2D eigenvalue weighted by Gasteiger charge is 2.13. The first-order valence-electron chi connectivity index (χ1n) is 5.95. The van der Waals surface area contributed by atoms with Crippen LogP contribution in [0.3, 0.4) is 0 Å². The van der Waals surface area contributed by atoms with E-state index in [4.69, 9.17) is 0 Å². The zero-order valence-corrected chi connectivity index (χ0v) is 10.8.